The smallest absolute Gasteiger partial charge is 0.0736 e. The molecule has 0 aromatic carbocycles. The zero-order chi connectivity index (χ0) is 16.8. The van der Waals surface area contributed by atoms with Gasteiger partial charge in [0.05, 0.1) is 18.4 Å². The molecule has 1 saturated heterocycles. The minimum atomic E-state index is 0.303. The van der Waals surface area contributed by atoms with E-state index in [4.69, 9.17) is 4.74 Å². The van der Waals surface area contributed by atoms with E-state index in [1.807, 2.05) is 12.3 Å². The number of hydrogen-bond donors (Lipinski definition) is 1. The van der Waals surface area contributed by atoms with Gasteiger partial charge >= 0.3 is 0 Å². The molecule has 1 unspecified atom stereocenters. The fourth-order valence-corrected chi connectivity index (χ4v) is 3.24. The standard InChI is InChI=1S/C19H28N4O/c1-15(2)9-17-10-18(22-21-17)12-23-8-4-6-19(13-23)24-14-16-5-3-7-20-11-16/h3,5,7,10-11,15,19H,4,6,8-9,12-14H2,1-2H3,(H,21,22). The fourth-order valence-electron chi connectivity index (χ4n) is 3.24. The molecule has 0 radical (unpaired) electrons. The Hall–Kier alpha value is -1.72. The van der Waals surface area contributed by atoms with Gasteiger partial charge in [-0.15, -0.1) is 0 Å². The molecule has 5 nitrogen and oxygen atoms in total. The molecular weight excluding hydrogens is 300 g/mol. The molecule has 1 aliphatic rings. The summed E-state index contributed by atoms with van der Waals surface area (Å²) in [7, 11) is 0. The third-order valence-corrected chi connectivity index (χ3v) is 4.37. The molecule has 24 heavy (non-hydrogen) atoms. The summed E-state index contributed by atoms with van der Waals surface area (Å²) in [4.78, 5) is 6.60. The van der Waals surface area contributed by atoms with Crippen molar-refractivity contribution in [3.63, 3.8) is 0 Å². The van der Waals surface area contributed by atoms with Crippen molar-refractivity contribution in [3.05, 3.63) is 47.5 Å². The van der Waals surface area contributed by atoms with Crippen molar-refractivity contribution in [1.82, 2.24) is 20.1 Å². The van der Waals surface area contributed by atoms with E-state index in [9.17, 15) is 0 Å². The predicted octanol–water partition coefficient (Wildman–Crippen LogP) is 3.18. The van der Waals surface area contributed by atoms with Crippen LogP contribution in [0.2, 0.25) is 0 Å². The summed E-state index contributed by atoms with van der Waals surface area (Å²) in [6, 6.07) is 6.23. The van der Waals surface area contributed by atoms with Crippen LogP contribution in [0.1, 0.15) is 43.6 Å². The molecule has 1 fully saturated rings. The van der Waals surface area contributed by atoms with Crippen molar-refractivity contribution in [2.24, 2.45) is 5.92 Å². The SMILES string of the molecule is CC(C)Cc1cc(CN2CCCC(OCc3cccnc3)C2)[nH]n1. The van der Waals surface area contributed by atoms with Crippen LogP contribution in [0.4, 0.5) is 0 Å². The zero-order valence-electron chi connectivity index (χ0n) is 14.7. The summed E-state index contributed by atoms with van der Waals surface area (Å²) >= 11 is 0. The third kappa shape index (κ3) is 5.14. The van der Waals surface area contributed by atoms with Crippen LogP contribution in [0.25, 0.3) is 0 Å². The molecule has 130 valence electrons. The first kappa shape index (κ1) is 17.1. The lowest BCUT2D eigenvalue weighted by atomic mass is 10.1. The van der Waals surface area contributed by atoms with Gasteiger partial charge in [0.2, 0.25) is 0 Å². The number of pyridine rings is 1. The summed E-state index contributed by atoms with van der Waals surface area (Å²) in [6.45, 7) is 8.14. The third-order valence-electron chi connectivity index (χ3n) is 4.37. The van der Waals surface area contributed by atoms with Gasteiger partial charge in [-0.3, -0.25) is 15.0 Å². The number of nitrogens with one attached hydrogen (secondary N) is 1. The largest absolute Gasteiger partial charge is 0.372 e. The number of H-pyrrole nitrogens is 1. The van der Waals surface area contributed by atoms with Crippen molar-refractivity contribution < 1.29 is 4.74 Å². The Bertz CT molecular complexity index is 611. The van der Waals surface area contributed by atoms with E-state index < -0.39 is 0 Å². The summed E-state index contributed by atoms with van der Waals surface area (Å²) in [5.41, 5.74) is 3.52. The number of likely N-dealkylation sites (tertiary alicyclic amines) is 1. The molecule has 0 bridgehead atoms. The second-order valence-electron chi connectivity index (χ2n) is 7.15. The van der Waals surface area contributed by atoms with E-state index in [1.165, 1.54) is 17.8 Å². The van der Waals surface area contributed by atoms with Crippen LogP contribution in [-0.2, 0) is 24.3 Å². The molecule has 0 spiro atoms. The highest BCUT2D eigenvalue weighted by molar-refractivity contribution is 5.09. The number of piperidine rings is 1. The van der Waals surface area contributed by atoms with E-state index in [1.54, 1.807) is 6.20 Å². The topological polar surface area (TPSA) is 54.0 Å². The van der Waals surface area contributed by atoms with Gasteiger partial charge in [0.15, 0.2) is 0 Å². The maximum absolute atomic E-state index is 6.09. The second kappa shape index (κ2) is 8.40. The number of rotatable bonds is 7. The average Bonchev–Trinajstić information content (AvgIpc) is 3.00. The lowest BCUT2D eigenvalue weighted by molar-refractivity contribution is -0.0124. The maximum atomic E-state index is 6.09. The first-order valence-electron chi connectivity index (χ1n) is 8.95. The van der Waals surface area contributed by atoms with E-state index in [-0.39, 0.29) is 0 Å². The van der Waals surface area contributed by atoms with Crippen LogP contribution in [0.3, 0.4) is 0 Å². The maximum Gasteiger partial charge on any atom is 0.0736 e. The number of aromatic nitrogens is 3. The highest BCUT2D eigenvalue weighted by atomic mass is 16.5. The van der Waals surface area contributed by atoms with Gasteiger partial charge in [0, 0.05) is 31.2 Å². The highest BCUT2D eigenvalue weighted by Gasteiger charge is 2.21. The molecule has 0 amide bonds. The van der Waals surface area contributed by atoms with Crippen LogP contribution >= 0.6 is 0 Å². The lowest BCUT2D eigenvalue weighted by Crippen LogP contribution is -2.39. The quantitative estimate of drug-likeness (QED) is 0.848. The van der Waals surface area contributed by atoms with Gasteiger partial charge in [-0.25, -0.2) is 0 Å². The molecule has 2 aromatic rings. The number of aromatic amines is 1. The van der Waals surface area contributed by atoms with Gasteiger partial charge in [-0.1, -0.05) is 19.9 Å². The fraction of sp³-hybridized carbons (Fsp3) is 0.579. The van der Waals surface area contributed by atoms with Crippen LogP contribution in [0, 0.1) is 5.92 Å². The Morgan fingerprint density at radius 1 is 1.42 bits per heavy atom. The van der Waals surface area contributed by atoms with Gasteiger partial charge in [0.25, 0.3) is 0 Å². The predicted molar refractivity (Wildman–Crippen MR) is 94.5 cm³/mol. The average molecular weight is 328 g/mol. The Labute approximate surface area is 144 Å². The van der Waals surface area contributed by atoms with Crippen molar-refractivity contribution in [2.45, 2.75) is 52.4 Å². The van der Waals surface area contributed by atoms with E-state index in [0.717, 1.165) is 38.0 Å². The monoisotopic (exact) mass is 328 g/mol. The van der Waals surface area contributed by atoms with Crippen molar-refractivity contribution in [3.8, 4) is 0 Å². The molecule has 3 heterocycles. The molecule has 5 heteroatoms. The van der Waals surface area contributed by atoms with Crippen molar-refractivity contribution >= 4 is 0 Å². The van der Waals surface area contributed by atoms with Crippen LogP contribution < -0.4 is 0 Å². The lowest BCUT2D eigenvalue weighted by Gasteiger charge is -2.32. The number of ether oxygens (including phenoxy) is 1. The minimum Gasteiger partial charge on any atom is -0.372 e. The van der Waals surface area contributed by atoms with Crippen molar-refractivity contribution in [2.75, 3.05) is 13.1 Å². The normalized spacial score (nSPS) is 19.0. The van der Waals surface area contributed by atoms with Crippen molar-refractivity contribution in [1.29, 1.82) is 0 Å². The molecule has 1 atom stereocenters. The van der Waals surface area contributed by atoms with Gasteiger partial charge in [0.1, 0.15) is 0 Å². The summed E-state index contributed by atoms with van der Waals surface area (Å²) in [5.74, 6) is 0.640. The van der Waals surface area contributed by atoms with Crippen LogP contribution in [-0.4, -0.2) is 39.3 Å². The molecule has 2 aromatic heterocycles. The Morgan fingerprint density at radius 3 is 3.12 bits per heavy atom. The minimum absolute atomic E-state index is 0.303. The van der Waals surface area contributed by atoms with Crippen LogP contribution in [0.5, 0.6) is 0 Å². The van der Waals surface area contributed by atoms with Gasteiger partial charge in [-0.2, -0.15) is 5.10 Å². The molecular formula is C19H28N4O. The summed E-state index contributed by atoms with van der Waals surface area (Å²) in [5, 5.41) is 7.62. The van der Waals surface area contributed by atoms with E-state index in [2.05, 4.69) is 46.1 Å². The van der Waals surface area contributed by atoms with Crippen LogP contribution in [0.15, 0.2) is 30.6 Å². The number of hydrogen-bond acceptors (Lipinski definition) is 4. The second-order valence-corrected chi connectivity index (χ2v) is 7.15. The summed E-state index contributed by atoms with van der Waals surface area (Å²) < 4.78 is 6.09. The Kier molecular flexibility index (Phi) is 5.99. The Morgan fingerprint density at radius 2 is 2.33 bits per heavy atom. The summed E-state index contributed by atoms with van der Waals surface area (Å²) in [6.07, 6.45) is 7.33. The molecule has 1 N–H and O–H groups in total. The van der Waals surface area contributed by atoms with E-state index in [0.29, 0.717) is 18.6 Å². The van der Waals surface area contributed by atoms with Gasteiger partial charge in [-0.05, 0) is 49.4 Å². The number of nitrogens with zero attached hydrogens (tertiary/aromatic N) is 3. The first-order chi connectivity index (χ1) is 11.7. The molecule has 3 rings (SSSR count). The van der Waals surface area contributed by atoms with Gasteiger partial charge < -0.3 is 4.74 Å². The zero-order valence-corrected chi connectivity index (χ0v) is 14.7. The first-order valence-corrected chi connectivity index (χ1v) is 8.95. The van der Waals surface area contributed by atoms with E-state index >= 15 is 0 Å². The molecule has 1 aliphatic heterocycles. The molecule has 0 saturated carbocycles. The molecule has 0 aliphatic carbocycles. The highest BCUT2D eigenvalue weighted by Crippen LogP contribution is 2.17. The Balaban J connectivity index is 1.47.